The molecule has 0 amide bonds. The first-order chi connectivity index (χ1) is 9.04. The number of carbonyl (C=O) groups excluding carboxylic acids is 1. The highest BCUT2D eigenvalue weighted by Gasteiger charge is 2.24. The van der Waals surface area contributed by atoms with Crippen LogP contribution in [0.1, 0.15) is 12.5 Å². The third-order valence-electron chi connectivity index (χ3n) is 2.48. The topological polar surface area (TPSA) is 61.5 Å². The highest BCUT2D eigenvalue weighted by atomic mass is 127. The molecule has 1 aromatic carbocycles. The molecule has 0 fully saturated rings. The molecule has 4 nitrogen and oxygen atoms in total. The Labute approximate surface area is 126 Å². The molecular weight excluding hydrogens is 357 g/mol. The number of benzene rings is 1. The molecule has 0 aliphatic carbocycles. The molecule has 19 heavy (non-hydrogen) atoms. The van der Waals surface area contributed by atoms with Gasteiger partial charge in [0.2, 0.25) is 4.11 Å². The monoisotopic (exact) mass is 373 g/mol. The number of hydrogen-bond acceptors (Lipinski definition) is 4. The molecular formula is C14H16INO3. The molecule has 0 aliphatic rings. The number of nitrogens with two attached hydrogens (primary N) is 1. The third kappa shape index (κ3) is 5.59. The van der Waals surface area contributed by atoms with E-state index in [-0.39, 0.29) is 0 Å². The molecule has 0 saturated carbocycles. The number of rotatable bonds is 6. The number of hydrogen-bond donors (Lipinski definition) is 1. The maximum Gasteiger partial charge on any atom is 0.327 e. The van der Waals surface area contributed by atoms with Crippen molar-refractivity contribution in [3.8, 4) is 12.3 Å². The van der Waals surface area contributed by atoms with Crippen LogP contribution in [0.2, 0.25) is 0 Å². The Bertz CT molecular complexity index is 444. The average molecular weight is 373 g/mol. The van der Waals surface area contributed by atoms with Gasteiger partial charge >= 0.3 is 5.97 Å². The molecule has 5 heteroatoms. The summed E-state index contributed by atoms with van der Waals surface area (Å²) in [6.07, 6.45) is 4.67. The minimum absolute atomic E-state index is 0.395. The number of esters is 1. The smallest absolute Gasteiger partial charge is 0.327 e. The van der Waals surface area contributed by atoms with Crippen molar-refractivity contribution in [2.45, 2.75) is 29.8 Å². The van der Waals surface area contributed by atoms with Gasteiger partial charge in [0.05, 0.1) is 12.7 Å². The molecule has 0 radical (unpaired) electrons. The summed E-state index contributed by atoms with van der Waals surface area (Å²) < 4.78 is 9.87. The summed E-state index contributed by atoms with van der Waals surface area (Å²) in [5.74, 6) is 1.74. The van der Waals surface area contributed by atoms with Crippen molar-refractivity contribution in [3.63, 3.8) is 0 Å². The van der Waals surface area contributed by atoms with Gasteiger partial charge in [-0.05, 0) is 35.1 Å². The van der Waals surface area contributed by atoms with Gasteiger partial charge < -0.3 is 15.2 Å². The van der Waals surface area contributed by atoms with E-state index in [2.05, 4.69) is 5.92 Å². The van der Waals surface area contributed by atoms with E-state index in [1.807, 2.05) is 52.9 Å². The Hall–Kier alpha value is -1.10. The third-order valence-corrected chi connectivity index (χ3v) is 3.10. The van der Waals surface area contributed by atoms with Crippen LogP contribution in [-0.2, 0) is 20.9 Å². The second kappa shape index (κ2) is 8.15. The molecule has 1 rings (SSSR count). The van der Waals surface area contributed by atoms with Crippen LogP contribution in [-0.4, -0.2) is 22.2 Å². The number of terminal acetylenes is 1. The Balaban J connectivity index is 2.42. The zero-order valence-corrected chi connectivity index (χ0v) is 12.7. The normalized spacial score (nSPS) is 15.1. The molecule has 0 heterocycles. The fraction of sp³-hybridized carbons (Fsp3) is 0.357. The van der Waals surface area contributed by atoms with Crippen molar-refractivity contribution in [1.29, 1.82) is 0 Å². The van der Waals surface area contributed by atoms with Crippen molar-refractivity contribution in [1.82, 2.24) is 0 Å². The summed E-state index contributed by atoms with van der Waals surface area (Å²) in [5, 5.41) is 0. The van der Waals surface area contributed by atoms with Gasteiger partial charge in [-0.2, -0.15) is 0 Å². The summed E-state index contributed by atoms with van der Waals surface area (Å²) in [7, 11) is 0. The maximum atomic E-state index is 11.6. The van der Waals surface area contributed by atoms with E-state index in [1.165, 1.54) is 0 Å². The summed E-state index contributed by atoms with van der Waals surface area (Å²) >= 11 is 1.83. The molecule has 1 aromatic rings. The minimum Gasteiger partial charge on any atom is -0.438 e. The van der Waals surface area contributed by atoms with Crippen LogP contribution in [0.5, 0.6) is 0 Å². The van der Waals surface area contributed by atoms with Gasteiger partial charge in [-0.25, -0.2) is 0 Å². The van der Waals surface area contributed by atoms with E-state index in [9.17, 15) is 4.79 Å². The van der Waals surface area contributed by atoms with Crippen LogP contribution in [0.4, 0.5) is 0 Å². The zero-order chi connectivity index (χ0) is 14.3. The molecule has 102 valence electrons. The summed E-state index contributed by atoms with van der Waals surface area (Å²) in [6, 6.07) is 8.80. The number of alkyl halides is 1. The second-order valence-corrected chi connectivity index (χ2v) is 5.08. The van der Waals surface area contributed by atoms with Crippen molar-refractivity contribution in [3.05, 3.63) is 35.9 Å². The lowest BCUT2D eigenvalue weighted by Gasteiger charge is -2.19. The van der Waals surface area contributed by atoms with Crippen LogP contribution >= 0.6 is 22.6 Å². The van der Waals surface area contributed by atoms with Crippen molar-refractivity contribution >= 4 is 28.6 Å². The van der Waals surface area contributed by atoms with Crippen LogP contribution in [0.25, 0.3) is 0 Å². The van der Waals surface area contributed by atoms with Crippen LogP contribution in [0.3, 0.4) is 0 Å². The first-order valence-corrected chi connectivity index (χ1v) is 7.01. The molecule has 0 bridgehead atoms. The average Bonchev–Trinajstić information content (AvgIpc) is 2.44. The highest BCUT2D eigenvalue weighted by Crippen LogP contribution is 2.08. The largest absolute Gasteiger partial charge is 0.438 e. The molecule has 0 spiro atoms. The fourth-order valence-electron chi connectivity index (χ4n) is 1.31. The number of ether oxygens (including phenoxy) is 2. The maximum absolute atomic E-state index is 11.6. The van der Waals surface area contributed by atoms with Gasteiger partial charge in [-0.15, -0.1) is 6.42 Å². The van der Waals surface area contributed by atoms with E-state index < -0.39 is 22.2 Å². The predicted molar refractivity (Wildman–Crippen MR) is 81.4 cm³/mol. The van der Waals surface area contributed by atoms with E-state index in [1.54, 1.807) is 6.92 Å². The van der Waals surface area contributed by atoms with Gasteiger partial charge in [0.1, 0.15) is 6.04 Å². The van der Waals surface area contributed by atoms with E-state index in [0.29, 0.717) is 6.61 Å². The summed E-state index contributed by atoms with van der Waals surface area (Å²) in [6.45, 7) is 2.12. The van der Waals surface area contributed by atoms with E-state index in [0.717, 1.165) is 5.56 Å². The molecule has 2 N–H and O–H groups in total. The SMILES string of the molecule is C#CC(I)OC(=O)[C@@H](N)C(C)OCc1ccccc1. The molecule has 0 aromatic heterocycles. The first kappa shape index (κ1) is 16.0. The van der Waals surface area contributed by atoms with Gasteiger partial charge in [0.25, 0.3) is 0 Å². The number of halogens is 1. The summed E-state index contributed by atoms with van der Waals surface area (Å²) in [5.41, 5.74) is 6.78. The van der Waals surface area contributed by atoms with Gasteiger partial charge in [-0.1, -0.05) is 36.3 Å². The van der Waals surface area contributed by atoms with Gasteiger partial charge in [0.15, 0.2) is 0 Å². The fourth-order valence-corrected chi connectivity index (χ4v) is 1.56. The lowest BCUT2D eigenvalue weighted by atomic mass is 10.2. The predicted octanol–water partition coefficient (Wildman–Crippen LogP) is 1.86. The Morgan fingerprint density at radius 2 is 2.11 bits per heavy atom. The Kier molecular flexibility index (Phi) is 6.84. The standard InChI is InChI=1S/C14H16INO3/c1-3-12(15)19-14(17)13(16)10(2)18-9-11-7-5-4-6-8-11/h1,4-8,10,12-13H,9,16H2,2H3/t10?,12?,13-/m0/s1. The van der Waals surface area contributed by atoms with Crippen molar-refractivity contribution < 1.29 is 14.3 Å². The van der Waals surface area contributed by atoms with Crippen molar-refractivity contribution in [2.24, 2.45) is 5.73 Å². The van der Waals surface area contributed by atoms with Crippen LogP contribution in [0.15, 0.2) is 30.3 Å². The van der Waals surface area contributed by atoms with E-state index >= 15 is 0 Å². The molecule has 3 atom stereocenters. The highest BCUT2D eigenvalue weighted by molar-refractivity contribution is 14.1. The molecule has 0 saturated heterocycles. The van der Waals surface area contributed by atoms with E-state index in [4.69, 9.17) is 21.6 Å². The zero-order valence-electron chi connectivity index (χ0n) is 10.6. The summed E-state index contributed by atoms with van der Waals surface area (Å²) in [4.78, 5) is 11.6. The molecule has 0 aliphatic heterocycles. The van der Waals surface area contributed by atoms with Crippen LogP contribution in [0, 0.1) is 12.3 Å². The lowest BCUT2D eigenvalue weighted by molar-refractivity contribution is -0.148. The van der Waals surface area contributed by atoms with Gasteiger partial charge in [-0.3, -0.25) is 4.79 Å². The second-order valence-electron chi connectivity index (χ2n) is 3.95. The lowest BCUT2D eigenvalue weighted by Crippen LogP contribution is -2.43. The van der Waals surface area contributed by atoms with Crippen molar-refractivity contribution in [2.75, 3.05) is 0 Å². The Morgan fingerprint density at radius 3 is 2.68 bits per heavy atom. The number of carbonyl (C=O) groups is 1. The quantitative estimate of drug-likeness (QED) is 0.358. The molecule has 2 unspecified atom stereocenters. The first-order valence-electron chi connectivity index (χ1n) is 5.76. The minimum atomic E-state index is -0.852. The van der Waals surface area contributed by atoms with Crippen LogP contribution < -0.4 is 5.73 Å². The Morgan fingerprint density at radius 1 is 1.47 bits per heavy atom. The van der Waals surface area contributed by atoms with Gasteiger partial charge in [0, 0.05) is 0 Å².